The number of rotatable bonds is 5. The van der Waals surface area contributed by atoms with E-state index in [4.69, 9.17) is 0 Å². The monoisotopic (exact) mass is 330 g/mol. The van der Waals surface area contributed by atoms with Gasteiger partial charge in [-0.3, -0.25) is 19.3 Å². The molecule has 3 amide bonds. The summed E-state index contributed by atoms with van der Waals surface area (Å²) in [5.41, 5.74) is 0.905. The van der Waals surface area contributed by atoms with Gasteiger partial charge in [0.15, 0.2) is 0 Å². The fourth-order valence-electron chi connectivity index (χ4n) is 3.22. The molecule has 0 saturated carbocycles. The molecule has 1 aromatic rings. The van der Waals surface area contributed by atoms with Gasteiger partial charge >= 0.3 is 0 Å². The van der Waals surface area contributed by atoms with Gasteiger partial charge in [0.25, 0.3) is 0 Å². The van der Waals surface area contributed by atoms with E-state index in [1.807, 2.05) is 12.2 Å². The molecule has 0 bridgehead atoms. The van der Waals surface area contributed by atoms with Crippen molar-refractivity contribution in [2.24, 2.45) is 11.8 Å². The van der Waals surface area contributed by atoms with Crippen LogP contribution < -0.4 is 5.32 Å². The van der Waals surface area contributed by atoms with Crippen LogP contribution in [0.3, 0.4) is 0 Å². The van der Waals surface area contributed by atoms with Gasteiger partial charge in [-0.25, -0.2) is 4.39 Å². The standard InChI is InChI=1S/C18H19FN2O3/c19-13-7-5-12(6-8-13)9-10-20-16(22)11-21-17(23)14-3-1-2-4-15(14)18(21)24/h1-2,5-8,14-15H,3-4,9-11H2,(H,20,22)/t14-,15+. The van der Waals surface area contributed by atoms with Gasteiger partial charge in [-0.15, -0.1) is 0 Å². The quantitative estimate of drug-likeness (QED) is 0.656. The molecule has 1 fully saturated rings. The second kappa shape index (κ2) is 6.95. The van der Waals surface area contributed by atoms with Crippen molar-refractivity contribution >= 4 is 17.7 Å². The van der Waals surface area contributed by atoms with Crippen LogP contribution in [0.25, 0.3) is 0 Å². The zero-order valence-electron chi connectivity index (χ0n) is 13.2. The second-order valence-electron chi connectivity index (χ2n) is 6.14. The first kappa shape index (κ1) is 16.4. The number of likely N-dealkylation sites (tertiary alicyclic amines) is 1. The van der Waals surface area contributed by atoms with E-state index in [9.17, 15) is 18.8 Å². The van der Waals surface area contributed by atoms with Crippen molar-refractivity contribution in [3.05, 3.63) is 47.8 Å². The largest absolute Gasteiger partial charge is 0.354 e. The molecule has 1 aliphatic heterocycles. The summed E-state index contributed by atoms with van der Waals surface area (Å²) in [6, 6.07) is 6.06. The number of amides is 3. The van der Waals surface area contributed by atoms with Crippen molar-refractivity contribution in [2.45, 2.75) is 19.3 Å². The van der Waals surface area contributed by atoms with Crippen LogP contribution in [0.2, 0.25) is 0 Å². The summed E-state index contributed by atoms with van der Waals surface area (Å²) < 4.78 is 12.8. The van der Waals surface area contributed by atoms with Crippen LogP contribution in [0.5, 0.6) is 0 Å². The second-order valence-corrected chi connectivity index (χ2v) is 6.14. The Balaban J connectivity index is 1.49. The summed E-state index contributed by atoms with van der Waals surface area (Å²) in [4.78, 5) is 37.6. The van der Waals surface area contributed by atoms with Crippen LogP contribution in [-0.4, -0.2) is 35.7 Å². The molecule has 1 aromatic carbocycles. The number of benzene rings is 1. The lowest BCUT2D eigenvalue weighted by molar-refractivity contribution is -0.143. The minimum absolute atomic E-state index is 0.228. The van der Waals surface area contributed by atoms with E-state index in [1.54, 1.807) is 12.1 Å². The van der Waals surface area contributed by atoms with Crippen molar-refractivity contribution in [1.82, 2.24) is 10.2 Å². The molecular weight excluding hydrogens is 311 g/mol. The number of carbonyl (C=O) groups is 3. The zero-order valence-corrected chi connectivity index (χ0v) is 13.2. The highest BCUT2D eigenvalue weighted by molar-refractivity contribution is 6.07. The Morgan fingerprint density at radius 2 is 1.67 bits per heavy atom. The predicted octanol–water partition coefficient (Wildman–Crippen LogP) is 1.44. The van der Waals surface area contributed by atoms with E-state index in [0.29, 0.717) is 25.8 Å². The Hall–Kier alpha value is -2.50. The summed E-state index contributed by atoms with van der Waals surface area (Å²) in [6.45, 7) is 0.142. The highest BCUT2D eigenvalue weighted by Crippen LogP contribution is 2.34. The third-order valence-corrected chi connectivity index (χ3v) is 4.55. The van der Waals surface area contributed by atoms with Crippen molar-refractivity contribution in [3.8, 4) is 0 Å². The molecule has 1 N–H and O–H groups in total. The number of nitrogens with one attached hydrogen (secondary N) is 1. The van der Waals surface area contributed by atoms with Crippen LogP contribution in [0.4, 0.5) is 4.39 Å². The SMILES string of the molecule is O=C(CN1C(=O)[C@H]2CC=CC[C@H]2C1=O)NCCc1ccc(F)cc1. The first-order valence-electron chi connectivity index (χ1n) is 8.07. The smallest absolute Gasteiger partial charge is 0.240 e. The highest BCUT2D eigenvalue weighted by atomic mass is 19.1. The molecule has 3 rings (SSSR count). The van der Waals surface area contributed by atoms with Crippen LogP contribution in [0, 0.1) is 17.7 Å². The Morgan fingerprint density at radius 1 is 1.08 bits per heavy atom. The van der Waals surface area contributed by atoms with Crippen LogP contribution in [0.15, 0.2) is 36.4 Å². The van der Waals surface area contributed by atoms with Crippen molar-refractivity contribution < 1.29 is 18.8 Å². The predicted molar refractivity (Wildman–Crippen MR) is 85.2 cm³/mol. The fourth-order valence-corrected chi connectivity index (χ4v) is 3.22. The molecule has 24 heavy (non-hydrogen) atoms. The van der Waals surface area contributed by atoms with Crippen LogP contribution in [0.1, 0.15) is 18.4 Å². The van der Waals surface area contributed by atoms with Gasteiger partial charge in [0.2, 0.25) is 17.7 Å². The normalized spacial score (nSPS) is 22.6. The third kappa shape index (κ3) is 3.37. The molecule has 0 radical (unpaired) electrons. The number of halogens is 1. The van der Waals surface area contributed by atoms with Gasteiger partial charge in [0.1, 0.15) is 12.4 Å². The Kier molecular flexibility index (Phi) is 4.74. The van der Waals surface area contributed by atoms with E-state index < -0.39 is 0 Å². The van der Waals surface area contributed by atoms with E-state index >= 15 is 0 Å². The first-order valence-corrected chi connectivity index (χ1v) is 8.07. The Labute approximate surface area is 139 Å². The lowest BCUT2D eigenvalue weighted by atomic mass is 9.85. The fraction of sp³-hybridized carbons (Fsp3) is 0.389. The summed E-state index contributed by atoms with van der Waals surface area (Å²) in [6.07, 6.45) is 5.52. The summed E-state index contributed by atoms with van der Waals surface area (Å²) in [7, 11) is 0. The number of nitrogens with zero attached hydrogens (tertiary/aromatic N) is 1. The van der Waals surface area contributed by atoms with E-state index in [1.165, 1.54) is 12.1 Å². The van der Waals surface area contributed by atoms with Gasteiger partial charge < -0.3 is 5.32 Å². The molecule has 1 saturated heterocycles. The topological polar surface area (TPSA) is 66.5 Å². The number of hydrogen-bond acceptors (Lipinski definition) is 3. The van der Waals surface area contributed by atoms with Crippen LogP contribution in [-0.2, 0) is 20.8 Å². The van der Waals surface area contributed by atoms with Gasteiger partial charge in [-0.1, -0.05) is 24.3 Å². The molecule has 0 aromatic heterocycles. The molecule has 1 heterocycles. The number of allylic oxidation sites excluding steroid dienone is 2. The molecule has 1 aliphatic carbocycles. The maximum Gasteiger partial charge on any atom is 0.240 e. The molecular formula is C18H19FN2O3. The summed E-state index contributed by atoms with van der Waals surface area (Å²) in [5.74, 6) is -1.77. The number of fused-ring (bicyclic) bond motifs is 1. The van der Waals surface area contributed by atoms with Crippen molar-refractivity contribution in [1.29, 1.82) is 0 Å². The maximum absolute atomic E-state index is 12.8. The maximum atomic E-state index is 12.8. The van der Waals surface area contributed by atoms with Crippen molar-refractivity contribution in [3.63, 3.8) is 0 Å². The van der Waals surface area contributed by atoms with E-state index in [0.717, 1.165) is 10.5 Å². The Morgan fingerprint density at radius 3 is 2.25 bits per heavy atom. The number of hydrogen-bond donors (Lipinski definition) is 1. The minimum atomic E-state index is -0.356. The molecule has 5 nitrogen and oxygen atoms in total. The molecule has 0 unspecified atom stereocenters. The van der Waals surface area contributed by atoms with Gasteiger partial charge in [-0.05, 0) is 37.0 Å². The zero-order chi connectivity index (χ0) is 17.1. The lowest BCUT2D eigenvalue weighted by Crippen LogP contribution is -2.41. The third-order valence-electron chi connectivity index (χ3n) is 4.55. The highest BCUT2D eigenvalue weighted by Gasteiger charge is 2.47. The van der Waals surface area contributed by atoms with Gasteiger partial charge in [0.05, 0.1) is 11.8 Å². The van der Waals surface area contributed by atoms with Crippen molar-refractivity contribution in [2.75, 3.05) is 13.1 Å². The average molecular weight is 330 g/mol. The number of carbonyl (C=O) groups excluding carboxylic acids is 3. The van der Waals surface area contributed by atoms with Crippen LogP contribution >= 0.6 is 0 Å². The van der Waals surface area contributed by atoms with E-state index in [-0.39, 0.29) is 41.9 Å². The van der Waals surface area contributed by atoms with E-state index in [2.05, 4.69) is 5.32 Å². The average Bonchev–Trinajstić information content (AvgIpc) is 2.82. The molecule has 2 atom stereocenters. The molecule has 0 spiro atoms. The molecule has 2 aliphatic rings. The van der Waals surface area contributed by atoms with Gasteiger partial charge in [0, 0.05) is 6.54 Å². The summed E-state index contributed by atoms with van der Waals surface area (Å²) in [5, 5.41) is 2.70. The molecule has 126 valence electrons. The first-order chi connectivity index (χ1) is 11.6. The Bertz CT molecular complexity index is 658. The lowest BCUT2D eigenvalue weighted by Gasteiger charge is -2.14. The number of imide groups is 1. The minimum Gasteiger partial charge on any atom is -0.354 e. The summed E-state index contributed by atoms with van der Waals surface area (Å²) >= 11 is 0. The molecule has 6 heteroatoms. The van der Waals surface area contributed by atoms with Gasteiger partial charge in [-0.2, -0.15) is 0 Å².